The van der Waals surface area contributed by atoms with Crippen molar-refractivity contribution >= 4 is 13.7 Å². The van der Waals surface area contributed by atoms with Crippen LogP contribution >= 0.6 is 7.82 Å². The molecule has 0 saturated heterocycles. The summed E-state index contributed by atoms with van der Waals surface area (Å²) >= 11 is 0. The van der Waals surface area contributed by atoms with Crippen LogP contribution in [0.4, 0.5) is 0 Å². The van der Waals surface area contributed by atoms with Gasteiger partial charge in [-0.1, -0.05) is 118 Å². The highest BCUT2D eigenvalue weighted by Gasteiger charge is 2.27. The van der Waals surface area contributed by atoms with Gasteiger partial charge in [0.05, 0.1) is 39.9 Å². The molecule has 0 spiro atoms. The van der Waals surface area contributed by atoms with E-state index in [1.807, 2.05) is 40.2 Å². The molecule has 0 aliphatic rings. The van der Waals surface area contributed by atoms with Crippen LogP contribution in [-0.2, 0) is 18.4 Å². The fourth-order valence-corrected chi connectivity index (χ4v) is 5.39. The third-order valence-electron chi connectivity index (χ3n) is 7.67. The smallest absolute Gasteiger partial charge is 0.387 e. The molecule has 0 aromatic carbocycles. The molecule has 8 nitrogen and oxygen atoms in total. The predicted octanol–water partition coefficient (Wildman–Crippen LogP) is 9.85. The minimum absolute atomic E-state index is 0.0451. The van der Waals surface area contributed by atoms with Gasteiger partial charge in [0.15, 0.2) is 0 Å². The van der Waals surface area contributed by atoms with Crippen LogP contribution in [0.25, 0.3) is 0 Å². The molecule has 0 heterocycles. The van der Waals surface area contributed by atoms with E-state index < -0.39 is 20.0 Å². The van der Waals surface area contributed by atoms with Crippen LogP contribution in [0, 0.1) is 0 Å². The number of hydrogen-bond donors (Lipinski definition) is 3. The molecule has 9 heteroatoms. The standard InChI is InChI=1S/C41H71N2O6P/c1-6-8-10-12-14-16-17-18-19-20-21-22-23-24-25-27-29-31-33-35-41(45)42-39(38-49-50(46,47)48-37-36-43(3,4)5)40(44)34-32-30-28-26-15-13-11-9-7-2/h7-10,14-16,18-19,21-22,26,32,34,39-40,44H,6,11-13,17,20,23-25,27-31,33,35-38H2,1-5H3,(H-,42,45,46,47)/p+1/b9-7+,10-8-,16-14-,19-18-,22-21-,26-15+,34-32+. The SMILES string of the molecule is C/C=C/CC/C=C/CC/C=C/C(O)C(COP(=O)(O)OCC[N+](C)(C)C)NC(=O)CCCCCCCC/C=C\C/C=C\C/C=C\C/C=C\CC. The Morgan fingerprint density at radius 1 is 0.720 bits per heavy atom. The van der Waals surface area contributed by atoms with Crippen molar-refractivity contribution in [1.82, 2.24) is 5.32 Å². The number of unbranched alkanes of at least 4 members (excludes halogenated alkanes) is 8. The van der Waals surface area contributed by atoms with Gasteiger partial charge in [-0.25, -0.2) is 4.57 Å². The van der Waals surface area contributed by atoms with Crippen molar-refractivity contribution in [2.24, 2.45) is 0 Å². The van der Waals surface area contributed by atoms with Crippen LogP contribution in [0.1, 0.15) is 117 Å². The number of nitrogens with one attached hydrogen (secondary N) is 1. The number of hydrogen-bond acceptors (Lipinski definition) is 5. The molecule has 0 bridgehead atoms. The number of allylic oxidation sites excluding steroid dienone is 13. The number of rotatable bonds is 32. The Kier molecular flexibility index (Phi) is 31.1. The third-order valence-corrected chi connectivity index (χ3v) is 8.66. The van der Waals surface area contributed by atoms with E-state index in [4.69, 9.17) is 9.05 Å². The Hall–Kier alpha value is -2.32. The van der Waals surface area contributed by atoms with Gasteiger partial charge < -0.3 is 19.8 Å². The quantitative estimate of drug-likeness (QED) is 0.0277. The van der Waals surface area contributed by atoms with Crippen LogP contribution in [0.3, 0.4) is 0 Å². The minimum atomic E-state index is -4.35. The van der Waals surface area contributed by atoms with Crippen molar-refractivity contribution in [2.75, 3.05) is 40.9 Å². The van der Waals surface area contributed by atoms with Gasteiger partial charge in [-0.05, 0) is 77.6 Å². The lowest BCUT2D eigenvalue weighted by atomic mass is 10.1. The van der Waals surface area contributed by atoms with Crippen molar-refractivity contribution in [2.45, 2.75) is 129 Å². The first kappa shape index (κ1) is 47.7. The molecule has 3 N–H and O–H groups in total. The summed E-state index contributed by atoms with van der Waals surface area (Å²) in [5.41, 5.74) is 0. The Balaban J connectivity index is 4.50. The van der Waals surface area contributed by atoms with Crippen molar-refractivity contribution in [3.8, 4) is 0 Å². The van der Waals surface area contributed by atoms with Crippen LogP contribution in [0.2, 0.25) is 0 Å². The van der Waals surface area contributed by atoms with Gasteiger partial charge in [0.25, 0.3) is 0 Å². The molecule has 1 amide bonds. The first-order chi connectivity index (χ1) is 24.0. The summed E-state index contributed by atoms with van der Waals surface area (Å²) in [4.78, 5) is 22.9. The number of carbonyl (C=O) groups is 1. The van der Waals surface area contributed by atoms with E-state index in [0.717, 1.165) is 83.5 Å². The molecule has 0 aromatic heterocycles. The van der Waals surface area contributed by atoms with E-state index in [9.17, 15) is 19.4 Å². The zero-order chi connectivity index (χ0) is 37.2. The molecule has 3 atom stereocenters. The minimum Gasteiger partial charge on any atom is -0.387 e. The maximum Gasteiger partial charge on any atom is 0.472 e. The van der Waals surface area contributed by atoms with Crippen molar-refractivity contribution in [3.63, 3.8) is 0 Å². The zero-order valence-corrected chi connectivity index (χ0v) is 33.0. The predicted molar refractivity (Wildman–Crippen MR) is 212 cm³/mol. The number of phosphoric ester groups is 1. The Morgan fingerprint density at radius 3 is 1.84 bits per heavy atom. The molecule has 286 valence electrons. The van der Waals surface area contributed by atoms with E-state index >= 15 is 0 Å². The van der Waals surface area contributed by atoms with Gasteiger partial charge in [0.1, 0.15) is 13.2 Å². The van der Waals surface area contributed by atoms with E-state index in [1.54, 1.807) is 6.08 Å². The van der Waals surface area contributed by atoms with Gasteiger partial charge in [0.2, 0.25) is 5.91 Å². The highest BCUT2D eigenvalue weighted by Crippen LogP contribution is 2.43. The number of nitrogens with zero attached hydrogens (tertiary/aromatic N) is 1. The second-order valence-electron chi connectivity index (χ2n) is 13.6. The highest BCUT2D eigenvalue weighted by molar-refractivity contribution is 7.47. The maximum atomic E-state index is 12.8. The largest absolute Gasteiger partial charge is 0.472 e. The van der Waals surface area contributed by atoms with Gasteiger partial charge in [0, 0.05) is 6.42 Å². The van der Waals surface area contributed by atoms with Gasteiger partial charge in [-0.15, -0.1) is 0 Å². The lowest BCUT2D eigenvalue weighted by molar-refractivity contribution is -0.870. The number of quaternary nitrogens is 1. The molecule has 0 fully saturated rings. The number of aliphatic hydroxyl groups excluding tert-OH is 1. The molecular weight excluding hydrogens is 647 g/mol. The number of carbonyl (C=O) groups excluding carboxylic acids is 1. The topological polar surface area (TPSA) is 105 Å². The van der Waals surface area contributed by atoms with Gasteiger partial charge in [-0.2, -0.15) is 0 Å². The van der Waals surface area contributed by atoms with E-state index in [1.165, 1.54) is 12.8 Å². The Labute approximate surface area is 306 Å². The molecule has 0 rings (SSSR count). The lowest BCUT2D eigenvalue weighted by Gasteiger charge is -2.25. The number of likely N-dealkylation sites (N-methyl/N-ethyl adjacent to an activating group) is 1. The third kappa shape index (κ3) is 34.1. The first-order valence-electron chi connectivity index (χ1n) is 18.9. The Morgan fingerprint density at radius 2 is 1.24 bits per heavy atom. The summed E-state index contributed by atoms with van der Waals surface area (Å²) in [6, 6.07) is -0.879. The van der Waals surface area contributed by atoms with Crippen LogP contribution < -0.4 is 5.32 Å². The summed E-state index contributed by atoms with van der Waals surface area (Å²) in [5.74, 6) is -0.215. The second kappa shape index (κ2) is 32.6. The maximum absolute atomic E-state index is 12.8. The molecule has 50 heavy (non-hydrogen) atoms. The molecule has 0 radical (unpaired) electrons. The van der Waals surface area contributed by atoms with E-state index in [2.05, 4.69) is 79.1 Å². The summed E-state index contributed by atoms with van der Waals surface area (Å²) in [5, 5.41) is 13.7. The Bertz CT molecular complexity index is 1090. The molecule has 0 aromatic rings. The van der Waals surface area contributed by atoms with E-state index in [0.29, 0.717) is 17.4 Å². The first-order valence-corrected chi connectivity index (χ1v) is 20.4. The summed E-state index contributed by atoms with van der Waals surface area (Å²) < 4.78 is 23.4. The highest BCUT2D eigenvalue weighted by atomic mass is 31.2. The number of phosphoric acid groups is 1. The average Bonchev–Trinajstić information content (AvgIpc) is 3.06. The fraction of sp³-hybridized carbons (Fsp3) is 0.634. The second-order valence-corrected chi connectivity index (χ2v) is 15.0. The van der Waals surface area contributed by atoms with E-state index in [-0.39, 0.29) is 19.1 Å². The summed E-state index contributed by atoms with van der Waals surface area (Å²) in [6.07, 6.45) is 43.9. The lowest BCUT2D eigenvalue weighted by Crippen LogP contribution is -2.45. The normalized spacial score (nSPS) is 15.6. The average molecular weight is 720 g/mol. The zero-order valence-electron chi connectivity index (χ0n) is 32.1. The molecule has 0 aliphatic carbocycles. The fourth-order valence-electron chi connectivity index (χ4n) is 4.66. The molecule has 0 aliphatic heterocycles. The number of amides is 1. The van der Waals surface area contributed by atoms with Crippen molar-refractivity contribution < 1.29 is 32.9 Å². The van der Waals surface area contributed by atoms with Gasteiger partial charge in [-0.3, -0.25) is 13.8 Å². The molecule has 3 unspecified atom stereocenters. The van der Waals surface area contributed by atoms with Crippen LogP contribution in [-0.4, -0.2) is 73.4 Å². The van der Waals surface area contributed by atoms with Crippen LogP contribution in [0.5, 0.6) is 0 Å². The van der Waals surface area contributed by atoms with Gasteiger partial charge >= 0.3 is 7.82 Å². The van der Waals surface area contributed by atoms with Crippen LogP contribution in [0.15, 0.2) is 85.1 Å². The summed E-state index contributed by atoms with van der Waals surface area (Å²) in [7, 11) is 1.51. The van der Waals surface area contributed by atoms with Crippen molar-refractivity contribution in [1.29, 1.82) is 0 Å². The number of aliphatic hydroxyl groups is 1. The molecular formula is C41H72N2O6P+. The van der Waals surface area contributed by atoms with Crippen molar-refractivity contribution in [3.05, 3.63) is 85.1 Å². The monoisotopic (exact) mass is 720 g/mol. The molecule has 0 saturated carbocycles. The summed E-state index contributed by atoms with van der Waals surface area (Å²) in [6.45, 7) is 4.38.